The van der Waals surface area contributed by atoms with Gasteiger partial charge in [0.15, 0.2) is 4.80 Å². The van der Waals surface area contributed by atoms with Gasteiger partial charge in [0.05, 0.1) is 22.9 Å². The maximum Gasteiger partial charge on any atom is 0.326 e. The first-order valence-electron chi connectivity index (χ1n) is 9.07. The van der Waals surface area contributed by atoms with Crippen LogP contribution in [-0.4, -0.2) is 29.2 Å². The molecule has 1 heterocycles. The summed E-state index contributed by atoms with van der Waals surface area (Å²) in [6.45, 7) is 5.95. The van der Waals surface area contributed by atoms with Crippen molar-refractivity contribution in [1.82, 2.24) is 4.57 Å². The number of carbonyl (C=O) groups excluding carboxylic acids is 2. The van der Waals surface area contributed by atoms with Crippen LogP contribution in [0.5, 0.6) is 5.75 Å². The van der Waals surface area contributed by atoms with Crippen LogP contribution in [0, 0.1) is 0 Å². The fourth-order valence-corrected chi connectivity index (χ4v) is 3.72. The van der Waals surface area contributed by atoms with Crippen molar-refractivity contribution in [3.8, 4) is 5.75 Å². The van der Waals surface area contributed by atoms with Crippen LogP contribution in [0.4, 0.5) is 0 Å². The van der Waals surface area contributed by atoms with Gasteiger partial charge in [0.25, 0.3) is 5.91 Å². The van der Waals surface area contributed by atoms with E-state index in [9.17, 15) is 9.59 Å². The smallest absolute Gasteiger partial charge is 0.326 e. The molecular formula is C21H22N2O4S. The Hall–Kier alpha value is -2.93. The number of amides is 1. The maximum absolute atomic E-state index is 12.7. The summed E-state index contributed by atoms with van der Waals surface area (Å²) < 4.78 is 13.3. The number of thiazole rings is 1. The zero-order chi connectivity index (χ0) is 20.1. The van der Waals surface area contributed by atoms with E-state index in [-0.39, 0.29) is 24.5 Å². The highest BCUT2D eigenvalue weighted by Gasteiger charge is 2.12. The molecule has 146 valence electrons. The highest BCUT2D eigenvalue weighted by atomic mass is 32.1. The van der Waals surface area contributed by atoms with Crippen LogP contribution in [0.15, 0.2) is 53.5 Å². The molecule has 0 spiro atoms. The van der Waals surface area contributed by atoms with Gasteiger partial charge >= 0.3 is 5.97 Å². The number of benzene rings is 2. The van der Waals surface area contributed by atoms with Gasteiger partial charge in [-0.15, -0.1) is 0 Å². The molecule has 0 bridgehead atoms. The monoisotopic (exact) mass is 398 g/mol. The van der Waals surface area contributed by atoms with Crippen molar-refractivity contribution in [2.24, 2.45) is 4.99 Å². The second-order valence-electron chi connectivity index (χ2n) is 6.35. The summed E-state index contributed by atoms with van der Waals surface area (Å²) in [5, 5.41) is 0. The fourth-order valence-electron chi connectivity index (χ4n) is 2.69. The van der Waals surface area contributed by atoms with Gasteiger partial charge in [-0.05, 0) is 57.2 Å². The molecule has 1 amide bonds. The molecule has 6 nitrogen and oxygen atoms in total. The Labute approximate surface area is 167 Å². The average molecular weight is 398 g/mol. The van der Waals surface area contributed by atoms with Gasteiger partial charge in [0.2, 0.25) is 0 Å². The van der Waals surface area contributed by atoms with Crippen LogP contribution in [0.1, 0.15) is 31.1 Å². The van der Waals surface area contributed by atoms with Gasteiger partial charge in [-0.3, -0.25) is 9.59 Å². The molecule has 0 aliphatic carbocycles. The largest absolute Gasteiger partial charge is 0.491 e. The van der Waals surface area contributed by atoms with E-state index in [1.165, 1.54) is 11.3 Å². The third kappa shape index (κ3) is 4.67. The van der Waals surface area contributed by atoms with Crippen LogP contribution in [0.3, 0.4) is 0 Å². The van der Waals surface area contributed by atoms with Crippen LogP contribution in [0.25, 0.3) is 10.2 Å². The van der Waals surface area contributed by atoms with Crippen molar-refractivity contribution in [1.29, 1.82) is 0 Å². The molecule has 3 rings (SSSR count). The van der Waals surface area contributed by atoms with Crippen LogP contribution in [0.2, 0.25) is 0 Å². The standard InChI is InChI=1S/C21H22N2O4S/c1-4-26-19(24)13-23-17-7-5-6-8-18(17)28-21(23)22-20(25)15-9-11-16(12-10-15)27-14(2)3/h5-12,14H,4,13H2,1-3H3. The Morgan fingerprint density at radius 2 is 1.82 bits per heavy atom. The Morgan fingerprint density at radius 3 is 2.50 bits per heavy atom. The molecular weight excluding hydrogens is 376 g/mol. The summed E-state index contributed by atoms with van der Waals surface area (Å²) in [5.74, 6) is -0.0406. The van der Waals surface area contributed by atoms with E-state index in [4.69, 9.17) is 9.47 Å². The van der Waals surface area contributed by atoms with Gasteiger partial charge < -0.3 is 14.0 Å². The summed E-state index contributed by atoms with van der Waals surface area (Å²) in [4.78, 5) is 29.4. The zero-order valence-corrected chi connectivity index (χ0v) is 16.9. The molecule has 0 aliphatic heterocycles. The van der Waals surface area contributed by atoms with Crippen LogP contribution < -0.4 is 9.54 Å². The molecule has 2 aromatic carbocycles. The first-order chi connectivity index (χ1) is 13.5. The number of esters is 1. The van der Waals surface area contributed by atoms with Gasteiger partial charge in [-0.1, -0.05) is 23.5 Å². The first kappa shape index (κ1) is 19.8. The molecule has 0 fully saturated rings. The van der Waals surface area contributed by atoms with Gasteiger partial charge in [-0.2, -0.15) is 4.99 Å². The van der Waals surface area contributed by atoms with E-state index in [0.29, 0.717) is 22.7 Å². The third-order valence-corrected chi connectivity index (χ3v) is 4.91. The number of rotatable bonds is 6. The number of hydrogen-bond donors (Lipinski definition) is 0. The van der Waals surface area contributed by atoms with Gasteiger partial charge in [0.1, 0.15) is 12.3 Å². The van der Waals surface area contributed by atoms with Gasteiger partial charge in [-0.25, -0.2) is 0 Å². The van der Waals surface area contributed by atoms with Crippen molar-refractivity contribution in [2.45, 2.75) is 33.4 Å². The minimum absolute atomic E-state index is 0.00509. The molecule has 0 unspecified atom stereocenters. The highest BCUT2D eigenvalue weighted by Crippen LogP contribution is 2.18. The number of fused-ring (bicyclic) bond motifs is 1. The minimum Gasteiger partial charge on any atom is -0.491 e. The number of carbonyl (C=O) groups is 2. The topological polar surface area (TPSA) is 69.9 Å². The van der Waals surface area contributed by atoms with E-state index in [2.05, 4.69) is 4.99 Å². The molecule has 0 aliphatic rings. The lowest BCUT2D eigenvalue weighted by molar-refractivity contribution is -0.143. The van der Waals surface area contributed by atoms with E-state index < -0.39 is 0 Å². The summed E-state index contributed by atoms with van der Waals surface area (Å²) in [5.41, 5.74) is 1.30. The molecule has 7 heteroatoms. The molecule has 0 saturated carbocycles. The molecule has 0 saturated heterocycles. The molecule has 28 heavy (non-hydrogen) atoms. The normalized spacial score (nSPS) is 11.8. The zero-order valence-electron chi connectivity index (χ0n) is 16.0. The molecule has 1 aromatic heterocycles. The molecule has 3 aromatic rings. The molecule has 0 atom stereocenters. The van der Waals surface area contributed by atoms with Crippen molar-refractivity contribution in [3.63, 3.8) is 0 Å². The lowest BCUT2D eigenvalue weighted by atomic mass is 10.2. The number of ether oxygens (including phenoxy) is 2. The number of aromatic nitrogens is 1. The summed E-state index contributed by atoms with van der Waals surface area (Å²) in [6.07, 6.45) is 0.0617. The Balaban J connectivity index is 1.96. The van der Waals surface area contributed by atoms with Crippen molar-refractivity contribution in [2.75, 3.05) is 6.61 Å². The Morgan fingerprint density at radius 1 is 1.11 bits per heavy atom. The minimum atomic E-state index is -0.375. The summed E-state index contributed by atoms with van der Waals surface area (Å²) in [6, 6.07) is 14.5. The van der Waals surface area contributed by atoms with E-state index >= 15 is 0 Å². The van der Waals surface area contributed by atoms with Crippen molar-refractivity contribution >= 4 is 33.4 Å². The Kier molecular flexibility index (Phi) is 6.26. The van der Waals surface area contributed by atoms with Crippen LogP contribution >= 0.6 is 11.3 Å². The van der Waals surface area contributed by atoms with Gasteiger partial charge in [0, 0.05) is 5.56 Å². The highest BCUT2D eigenvalue weighted by molar-refractivity contribution is 7.16. The molecule has 0 N–H and O–H groups in total. The van der Waals surface area contributed by atoms with Crippen molar-refractivity contribution < 1.29 is 19.1 Å². The SMILES string of the molecule is CCOC(=O)Cn1c(=NC(=O)c2ccc(OC(C)C)cc2)sc2ccccc21. The third-order valence-electron chi connectivity index (χ3n) is 3.85. The Bertz CT molecular complexity index is 1050. The van der Waals surface area contributed by atoms with Crippen LogP contribution in [-0.2, 0) is 16.1 Å². The van der Waals surface area contributed by atoms with E-state index in [0.717, 1.165) is 10.2 Å². The summed E-state index contributed by atoms with van der Waals surface area (Å²) >= 11 is 1.36. The van der Waals surface area contributed by atoms with Crippen molar-refractivity contribution in [3.05, 3.63) is 58.9 Å². The average Bonchev–Trinajstić information content (AvgIpc) is 2.99. The quantitative estimate of drug-likeness (QED) is 0.592. The maximum atomic E-state index is 12.7. The number of nitrogens with zero attached hydrogens (tertiary/aromatic N) is 2. The molecule has 0 radical (unpaired) electrons. The van der Waals surface area contributed by atoms with E-state index in [1.54, 1.807) is 35.8 Å². The predicted octanol–water partition coefficient (Wildman–Crippen LogP) is 3.79. The second kappa shape index (κ2) is 8.84. The summed E-state index contributed by atoms with van der Waals surface area (Å²) in [7, 11) is 0. The number of para-hydroxylation sites is 1. The second-order valence-corrected chi connectivity index (χ2v) is 7.36. The number of hydrogen-bond acceptors (Lipinski definition) is 5. The fraction of sp³-hybridized carbons (Fsp3) is 0.286. The first-order valence-corrected chi connectivity index (χ1v) is 9.89. The predicted molar refractivity (Wildman–Crippen MR) is 109 cm³/mol. The lowest BCUT2D eigenvalue weighted by Crippen LogP contribution is -2.23. The van der Waals surface area contributed by atoms with E-state index in [1.807, 2.05) is 38.1 Å². The lowest BCUT2D eigenvalue weighted by Gasteiger charge is -2.09.